The maximum absolute atomic E-state index is 12.5. The molecule has 0 bridgehead atoms. The Labute approximate surface area is 116 Å². The molecule has 4 nitrogen and oxygen atoms in total. The molecular weight excluding hydrogens is 254 g/mol. The summed E-state index contributed by atoms with van der Waals surface area (Å²) in [5.74, 6) is -0.276. The SMILES string of the molecule is CC(C)OC1=CC(=O)c2c(n(C)c3ccccc23)C1=O. The summed E-state index contributed by atoms with van der Waals surface area (Å²) in [6.07, 6.45) is 1.16. The van der Waals surface area contributed by atoms with E-state index in [1.54, 1.807) is 11.6 Å². The van der Waals surface area contributed by atoms with Crippen molar-refractivity contribution in [2.75, 3.05) is 0 Å². The van der Waals surface area contributed by atoms with E-state index in [1.807, 2.05) is 38.1 Å². The summed E-state index contributed by atoms with van der Waals surface area (Å²) in [6, 6.07) is 7.52. The van der Waals surface area contributed by atoms with Gasteiger partial charge >= 0.3 is 0 Å². The van der Waals surface area contributed by atoms with E-state index in [2.05, 4.69) is 0 Å². The van der Waals surface area contributed by atoms with Crippen LogP contribution < -0.4 is 0 Å². The average molecular weight is 269 g/mol. The van der Waals surface area contributed by atoms with Gasteiger partial charge in [0.25, 0.3) is 0 Å². The van der Waals surface area contributed by atoms with Crippen LogP contribution >= 0.6 is 0 Å². The second kappa shape index (κ2) is 4.34. The summed E-state index contributed by atoms with van der Waals surface area (Å²) in [7, 11) is 1.80. The number of allylic oxidation sites excluding steroid dienone is 2. The first-order valence-corrected chi connectivity index (χ1v) is 6.55. The van der Waals surface area contributed by atoms with Crippen LogP contribution in [-0.4, -0.2) is 22.2 Å². The van der Waals surface area contributed by atoms with Gasteiger partial charge in [-0.3, -0.25) is 9.59 Å². The van der Waals surface area contributed by atoms with E-state index in [1.165, 1.54) is 6.08 Å². The van der Waals surface area contributed by atoms with Crippen molar-refractivity contribution < 1.29 is 14.3 Å². The number of ether oxygens (including phenoxy) is 1. The number of aryl methyl sites for hydroxylation is 1. The first-order chi connectivity index (χ1) is 9.50. The smallest absolute Gasteiger partial charge is 0.244 e. The van der Waals surface area contributed by atoms with Crippen LogP contribution in [0.25, 0.3) is 10.9 Å². The molecule has 4 heteroatoms. The lowest BCUT2D eigenvalue weighted by Gasteiger charge is -2.17. The second-order valence-electron chi connectivity index (χ2n) is 5.17. The Morgan fingerprint density at radius 3 is 2.55 bits per heavy atom. The second-order valence-corrected chi connectivity index (χ2v) is 5.17. The molecule has 1 aromatic heterocycles. The lowest BCUT2D eigenvalue weighted by molar-refractivity contribution is 0.0804. The quantitative estimate of drug-likeness (QED) is 0.842. The molecule has 1 aliphatic carbocycles. The van der Waals surface area contributed by atoms with Gasteiger partial charge in [-0.1, -0.05) is 18.2 Å². The van der Waals surface area contributed by atoms with Crippen LogP contribution in [0.1, 0.15) is 34.7 Å². The first kappa shape index (κ1) is 12.7. The summed E-state index contributed by atoms with van der Waals surface area (Å²) < 4.78 is 7.22. The number of carbonyl (C=O) groups excluding carboxylic acids is 2. The van der Waals surface area contributed by atoms with Gasteiger partial charge in [-0.15, -0.1) is 0 Å². The number of aromatic nitrogens is 1. The maximum atomic E-state index is 12.5. The van der Waals surface area contributed by atoms with Gasteiger partial charge in [-0.2, -0.15) is 0 Å². The maximum Gasteiger partial charge on any atom is 0.244 e. The Morgan fingerprint density at radius 2 is 1.85 bits per heavy atom. The number of Topliss-reactive ketones (excluding diaryl/α,β-unsaturated/α-hetero) is 1. The lowest BCUT2D eigenvalue weighted by Crippen LogP contribution is -2.22. The van der Waals surface area contributed by atoms with E-state index < -0.39 is 0 Å². The van der Waals surface area contributed by atoms with Gasteiger partial charge < -0.3 is 9.30 Å². The fraction of sp³-hybridized carbons (Fsp3) is 0.250. The van der Waals surface area contributed by atoms with Gasteiger partial charge in [0.1, 0.15) is 5.69 Å². The molecule has 0 fully saturated rings. The fourth-order valence-corrected chi connectivity index (χ4v) is 2.62. The minimum Gasteiger partial charge on any atom is -0.487 e. The Bertz CT molecular complexity index is 765. The van der Waals surface area contributed by atoms with Gasteiger partial charge in [-0.25, -0.2) is 0 Å². The fourth-order valence-electron chi connectivity index (χ4n) is 2.62. The van der Waals surface area contributed by atoms with E-state index in [0.717, 1.165) is 10.9 Å². The highest BCUT2D eigenvalue weighted by molar-refractivity contribution is 6.28. The van der Waals surface area contributed by atoms with Gasteiger partial charge in [0.05, 0.1) is 11.7 Å². The van der Waals surface area contributed by atoms with Crippen molar-refractivity contribution in [2.24, 2.45) is 7.05 Å². The number of benzene rings is 1. The van der Waals surface area contributed by atoms with Crippen molar-refractivity contribution in [1.82, 2.24) is 4.57 Å². The molecule has 0 aliphatic heterocycles. The molecule has 1 heterocycles. The highest BCUT2D eigenvalue weighted by atomic mass is 16.5. The summed E-state index contributed by atoms with van der Waals surface area (Å²) in [4.78, 5) is 24.9. The van der Waals surface area contributed by atoms with E-state index >= 15 is 0 Å². The van der Waals surface area contributed by atoms with Gasteiger partial charge in [0, 0.05) is 24.0 Å². The van der Waals surface area contributed by atoms with Gasteiger partial charge in [0.2, 0.25) is 5.78 Å². The highest BCUT2D eigenvalue weighted by Gasteiger charge is 2.32. The van der Waals surface area contributed by atoms with Crippen LogP contribution in [0.3, 0.4) is 0 Å². The number of hydrogen-bond donors (Lipinski definition) is 0. The molecule has 20 heavy (non-hydrogen) atoms. The molecule has 0 saturated heterocycles. The molecule has 0 atom stereocenters. The largest absolute Gasteiger partial charge is 0.487 e. The Morgan fingerprint density at radius 1 is 1.15 bits per heavy atom. The predicted molar refractivity (Wildman–Crippen MR) is 75.9 cm³/mol. The first-order valence-electron chi connectivity index (χ1n) is 6.55. The summed E-state index contributed by atoms with van der Waals surface area (Å²) in [5.41, 5.74) is 1.76. The molecule has 1 aromatic carbocycles. The Kier molecular flexibility index (Phi) is 2.74. The Hall–Kier alpha value is -2.36. The molecule has 0 unspecified atom stereocenters. The number of para-hydroxylation sites is 1. The van der Waals surface area contributed by atoms with Crippen LogP contribution in [0.4, 0.5) is 0 Å². The molecule has 0 amide bonds. The van der Waals surface area contributed by atoms with Gasteiger partial charge in [0.15, 0.2) is 11.5 Å². The van der Waals surface area contributed by atoms with Crippen LogP contribution in [0.15, 0.2) is 36.1 Å². The molecule has 0 spiro atoms. The normalized spacial score (nSPS) is 14.7. The molecule has 3 rings (SSSR count). The van der Waals surface area contributed by atoms with E-state index in [-0.39, 0.29) is 23.4 Å². The van der Waals surface area contributed by atoms with Crippen molar-refractivity contribution in [1.29, 1.82) is 0 Å². The lowest BCUT2D eigenvalue weighted by atomic mass is 9.97. The molecule has 0 radical (unpaired) electrons. The molecule has 0 N–H and O–H groups in total. The third kappa shape index (κ3) is 1.68. The van der Waals surface area contributed by atoms with Crippen LogP contribution in [0.5, 0.6) is 0 Å². The number of carbonyl (C=O) groups is 2. The minimum absolute atomic E-state index is 0.128. The number of nitrogens with zero attached hydrogens (tertiary/aromatic N) is 1. The van der Waals surface area contributed by atoms with E-state index in [4.69, 9.17) is 4.74 Å². The average Bonchev–Trinajstić information content (AvgIpc) is 2.70. The number of ketones is 2. The standard InChI is InChI=1S/C16H15NO3/c1-9(2)20-13-8-12(18)14-10-6-4-5-7-11(10)17(3)15(14)16(13)19/h4-9H,1-3H3. The highest BCUT2D eigenvalue weighted by Crippen LogP contribution is 2.31. The zero-order valence-electron chi connectivity index (χ0n) is 11.6. The number of fused-ring (bicyclic) bond motifs is 3. The van der Waals surface area contributed by atoms with Crippen molar-refractivity contribution in [3.8, 4) is 0 Å². The topological polar surface area (TPSA) is 48.3 Å². The summed E-state index contributed by atoms with van der Waals surface area (Å²) in [5, 5.41) is 0.809. The van der Waals surface area contributed by atoms with Crippen LogP contribution in [0, 0.1) is 0 Å². The van der Waals surface area contributed by atoms with Crippen molar-refractivity contribution >= 4 is 22.5 Å². The molecule has 2 aromatic rings. The zero-order valence-corrected chi connectivity index (χ0v) is 11.6. The Balaban J connectivity index is 2.25. The molecular formula is C16H15NO3. The zero-order chi connectivity index (χ0) is 14.4. The number of rotatable bonds is 2. The van der Waals surface area contributed by atoms with Crippen LogP contribution in [0.2, 0.25) is 0 Å². The monoisotopic (exact) mass is 269 g/mol. The molecule has 0 saturated carbocycles. The molecule has 1 aliphatic rings. The predicted octanol–water partition coefficient (Wildman–Crippen LogP) is 2.87. The molecule has 102 valence electrons. The van der Waals surface area contributed by atoms with Crippen molar-refractivity contribution in [3.63, 3.8) is 0 Å². The van der Waals surface area contributed by atoms with E-state index in [9.17, 15) is 9.59 Å². The van der Waals surface area contributed by atoms with Crippen molar-refractivity contribution in [2.45, 2.75) is 20.0 Å². The minimum atomic E-state index is -0.230. The summed E-state index contributed by atoms with van der Waals surface area (Å²) >= 11 is 0. The third-order valence-electron chi connectivity index (χ3n) is 3.42. The summed E-state index contributed by atoms with van der Waals surface area (Å²) in [6.45, 7) is 3.66. The van der Waals surface area contributed by atoms with Crippen molar-refractivity contribution in [3.05, 3.63) is 47.4 Å². The third-order valence-corrected chi connectivity index (χ3v) is 3.42. The van der Waals surface area contributed by atoms with Crippen LogP contribution in [-0.2, 0) is 11.8 Å². The number of hydrogen-bond acceptors (Lipinski definition) is 3. The van der Waals surface area contributed by atoms with Gasteiger partial charge in [-0.05, 0) is 19.9 Å². The van der Waals surface area contributed by atoms with E-state index in [0.29, 0.717) is 11.3 Å².